The number of aliphatic hydroxyl groups is 1. The number of hydrogen-bond acceptors (Lipinski definition) is 3. The average Bonchev–Trinajstić information content (AvgIpc) is 2.03. The third kappa shape index (κ3) is 5.92. The number of ether oxygens (including phenoxy) is 1. The van der Waals surface area contributed by atoms with E-state index in [1.807, 2.05) is 19.1 Å². The van der Waals surface area contributed by atoms with Gasteiger partial charge in [0.15, 0.2) is 0 Å². The molecule has 0 heterocycles. The van der Waals surface area contributed by atoms with E-state index in [1.54, 1.807) is 0 Å². The topological polar surface area (TPSA) is 46.5 Å². The van der Waals surface area contributed by atoms with Gasteiger partial charge in [0.05, 0.1) is 6.61 Å². The fourth-order valence-electron chi connectivity index (χ4n) is 0.633. The first-order valence-corrected chi connectivity index (χ1v) is 4.18. The molecule has 3 nitrogen and oxygen atoms in total. The van der Waals surface area contributed by atoms with Gasteiger partial charge in [-0.25, -0.2) is 4.79 Å². The Labute approximate surface area is 73.0 Å². The molecule has 0 saturated heterocycles. The first-order chi connectivity index (χ1) is 5.68. The van der Waals surface area contributed by atoms with Crippen LogP contribution in [0.5, 0.6) is 0 Å². The van der Waals surface area contributed by atoms with Crippen LogP contribution in [0.15, 0.2) is 12.2 Å². The first-order valence-electron chi connectivity index (χ1n) is 4.18. The van der Waals surface area contributed by atoms with Crippen molar-refractivity contribution < 1.29 is 14.6 Å². The lowest BCUT2D eigenvalue weighted by atomic mass is 10.3. The number of esters is 1. The van der Waals surface area contributed by atoms with Crippen LogP contribution in [0.3, 0.4) is 0 Å². The van der Waals surface area contributed by atoms with E-state index in [1.165, 1.54) is 6.92 Å². The van der Waals surface area contributed by atoms with Gasteiger partial charge in [0.25, 0.3) is 0 Å². The van der Waals surface area contributed by atoms with Gasteiger partial charge in [-0.1, -0.05) is 19.1 Å². The molecule has 1 atom stereocenters. The summed E-state index contributed by atoms with van der Waals surface area (Å²) in [6.07, 6.45) is 4.66. The zero-order valence-electron chi connectivity index (χ0n) is 7.62. The fourth-order valence-corrected chi connectivity index (χ4v) is 0.633. The van der Waals surface area contributed by atoms with Crippen LogP contribution in [0, 0.1) is 0 Å². The van der Waals surface area contributed by atoms with E-state index in [2.05, 4.69) is 0 Å². The lowest BCUT2D eigenvalue weighted by Crippen LogP contribution is -2.19. The number of carbonyl (C=O) groups is 1. The van der Waals surface area contributed by atoms with Crippen molar-refractivity contribution in [1.29, 1.82) is 0 Å². The number of hydrogen-bond donors (Lipinski definition) is 1. The van der Waals surface area contributed by atoms with Crippen molar-refractivity contribution in [1.82, 2.24) is 0 Å². The Hall–Kier alpha value is -0.830. The maximum Gasteiger partial charge on any atom is 0.334 e. The molecular weight excluding hydrogens is 156 g/mol. The minimum atomic E-state index is -1.01. The van der Waals surface area contributed by atoms with Gasteiger partial charge < -0.3 is 9.84 Å². The van der Waals surface area contributed by atoms with Crippen molar-refractivity contribution in [2.75, 3.05) is 6.61 Å². The molecule has 70 valence electrons. The normalized spacial score (nSPS) is 13.2. The van der Waals surface area contributed by atoms with E-state index < -0.39 is 12.1 Å². The Kier molecular flexibility index (Phi) is 6.38. The van der Waals surface area contributed by atoms with E-state index in [0.29, 0.717) is 13.0 Å². The van der Waals surface area contributed by atoms with Crippen molar-refractivity contribution in [3.8, 4) is 0 Å². The van der Waals surface area contributed by atoms with Crippen molar-refractivity contribution >= 4 is 5.97 Å². The van der Waals surface area contributed by atoms with Crippen LogP contribution in [0.25, 0.3) is 0 Å². The molecule has 0 amide bonds. The van der Waals surface area contributed by atoms with E-state index in [-0.39, 0.29) is 0 Å². The first kappa shape index (κ1) is 11.2. The second-order valence-corrected chi connectivity index (χ2v) is 2.51. The van der Waals surface area contributed by atoms with E-state index in [4.69, 9.17) is 9.84 Å². The summed E-state index contributed by atoms with van der Waals surface area (Å²) in [7, 11) is 0. The highest BCUT2D eigenvalue weighted by Crippen LogP contribution is 1.91. The van der Waals surface area contributed by atoms with E-state index >= 15 is 0 Å². The molecule has 0 radical (unpaired) electrons. The summed E-state index contributed by atoms with van der Waals surface area (Å²) >= 11 is 0. The number of allylic oxidation sites excluding steroid dienone is 1. The van der Waals surface area contributed by atoms with Gasteiger partial charge >= 0.3 is 5.97 Å². The van der Waals surface area contributed by atoms with Crippen LogP contribution in [0.2, 0.25) is 0 Å². The molecule has 0 fully saturated rings. The summed E-state index contributed by atoms with van der Waals surface area (Å²) in [5, 5.41) is 8.73. The van der Waals surface area contributed by atoms with Gasteiger partial charge in [-0.2, -0.15) is 0 Å². The van der Waals surface area contributed by atoms with Gasteiger partial charge in [-0.15, -0.1) is 0 Å². The highest BCUT2D eigenvalue weighted by Gasteiger charge is 2.08. The van der Waals surface area contributed by atoms with Crippen LogP contribution < -0.4 is 0 Å². The molecule has 0 spiro atoms. The fraction of sp³-hybridized carbons (Fsp3) is 0.667. The third-order valence-corrected chi connectivity index (χ3v) is 1.27. The quantitative estimate of drug-likeness (QED) is 0.386. The highest BCUT2D eigenvalue weighted by atomic mass is 16.5. The van der Waals surface area contributed by atoms with Crippen LogP contribution >= 0.6 is 0 Å². The molecule has 0 aliphatic rings. The van der Waals surface area contributed by atoms with Crippen LogP contribution in [-0.2, 0) is 9.53 Å². The molecule has 0 aromatic heterocycles. The maximum atomic E-state index is 10.7. The molecule has 12 heavy (non-hydrogen) atoms. The molecular formula is C9H16O3. The average molecular weight is 172 g/mol. The van der Waals surface area contributed by atoms with E-state index in [9.17, 15) is 4.79 Å². The molecule has 3 heteroatoms. The van der Waals surface area contributed by atoms with E-state index in [0.717, 1.165) is 6.42 Å². The minimum Gasteiger partial charge on any atom is -0.463 e. The predicted octanol–water partition coefficient (Wildman–Crippen LogP) is 1.27. The summed E-state index contributed by atoms with van der Waals surface area (Å²) < 4.78 is 4.71. The van der Waals surface area contributed by atoms with Gasteiger partial charge in [0.1, 0.15) is 6.10 Å². The third-order valence-electron chi connectivity index (χ3n) is 1.27. The molecule has 0 saturated carbocycles. The number of carbonyl (C=O) groups excluding carboxylic acids is 1. The number of rotatable bonds is 5. The predicted molar refractivity (Wildman–Crippen MR) is 46.7 cm³/mol. The van der Waals surface area contributed by atoms with Gasteiger partial charge in [0, 0.05) is 0 Å². The second-order valence-electron chi connectivity index (χ2n) is 2.51. The summed E-state index contributed by atoms with van der Waals surface area (Å²) in [4.78, 5) is 10.7. The van der Waals surface area contributed by atoms with Gasteiger partial charge in [-0.3, -0.25) is 0 Å². The summed E-state index contributed by atoms with van der Waals surface area (Å²) in [5.74, 6) is -0.556. The molecule has 0 aromatic carbocycles. The SMILES string of the molecule is CC/C=C/CCOC(=O)[C@H](C)O. The van der Waals surface area contributed by atoms with Gasteiger partial charge in [-0.05, 0) is 19.8 Å². The molecule has 0 aliphatic carbocycles. The summed E-state index contributed by atoms with van der Waals surface area (Å²) in [6.45, 7) is 3.78. The van der Waals surface area contributed by atoms with Crippen LogP contribution in [-0.4, -0.2) is 23.8 Å². The zero-order chi connectivity index (χ0) is 9.40. The Morgan fingerprint density at radius 3 is 2.75 bits per heavy atom. The second kappa shape index (κ2) is 6.85. The Morgan fingerprint density at radius 1 is 1.58 bits per heavy atom. The molecule has 0 aliphatic heterocycles. The van der Waals surface area contributed by atoms with Crippen molar-refractivity contribution in [3.63, 3.8) is 0 Å². The molecule has 0 aromatic rings. The molecule has 0 unspecified atom stereocenters. The standard InChI is InChI=1S/C9H16O3/c1-3-4-5-6-7-12-9(11)8(2)10/h4-5,8,10H,3,6-7H2,1-2H3/b5-4+/t8-/m0/s1. The van der Waals surface area contributed by atoms with Gasteiger partial charge in [0.2, 0.25) is 0 Å². The number of aliphatic hydroxyl groups excluding tert-OH is 1. The molecule has 0 rings (SSSR count). The minimum absolute atomic E-state index is 0.347. The summed E-state index contributed by atoms with van der Waals surface area (Å²) in [6, 6.07) is 0. The van der Waals surface area contributed by atoms with Crippen molar-refractivity contribution in [2.45, 2.75) is 32.8 Å². The van der Waals surface area contributed by atoms with Crippen molar-refractivity contribution in [2.24, 2.45) is 0 Å². The Morgan fingerprint density at radius 2 is 2.25 bits per heavy atom. The lowest BCUT2D eigenvalue weighted by Gasteiger charge is -2.03. The molecule has 1 N–H and O–H groups in total. The zero-order valence-corrected chi connectivity index (χ0v) is 7.62. The Bertz CT molecular complexity index is 150. The monoisotopic (exact) mass is 172 g/mol. The van der Waals surface area contributed by atoms with Crippen LogP contribution in [0.1, 0.15) is 26.7 Å². The smallest absolute Gasteiger partial charge is 0.334 e. The lowest BCUT2D eigenvalue weighted by molar-refractivity contribution is -0.152. The Balaban J connectivity index is 3.31. The molecule has 0 bridgehead atoms. The van der Waals surface area contributed by atoms with Crippen molar-refractivity contribution in [3.05, 3.63) is 12.2 Å². The largest absolute Gasteiger partial charge is 0.463 e. The van der Waals surface area contributed by atoms with Crippen LogP contribution in [0.4, 0.5) is 0 Å². The highest BCUT2D eigenvalue weighted by molar-refractivity contribution is 5.73. The maximum absolute atomic E-state index is 10.7. The summed E-state index contributed by atoms with van der Waals surface area (Å²) in [5.41, 5.74) is 0.